The van der Waals surface area contributed by atoms with Gasteiger partial charge in [0, 0.05) is 24.3 Å². The second-order valence-electron chi connectivity index (χ2n) is 5.30. The number of thioether (sulfide) groups is 1. The molecular formula is C12H26N2OS. The van der Waals surface area contributed by atoms with Crippen LogP contribution in [-0.4, -0.2) is 30.0 Å². The molecule has 16 heavy (non-hydrogen) atoms. The fourth-order valence-electron chi connectivity index (χ4n) is 1.26. The number of hydrogen-bond acceptors (Lipinski definition) is 3. The Morgan fingerprint density at radius 2 is 2.00 bits per heavy atom. The highest BCUT2D eigenvalue weighted by Gasteiger charge is 2.23. The summed E-state index contributed by atoms with van der Waals surface area (Å²) in [5.41, 5.74) is 5.96. The summed E-state index contributed by atoms with van der Waals surface area (Å²) in [6.07, 6.45) is 3.43. The highest BCUT2D eigenvalue weighted by molar-refractivity contribution is 7.98. The number of nitrogens with one attached hydrogen (secondary N) is 1. The Hall–Kier alpha value is -0.220. The van der Waals surface area contributed by atoms with Crippen molar-refractivity contribution in [3.8, 4) is 0 Å². The van der Waals surface area contributed by atoms with Crippen LogP contribution in [0.15, 0.2) is 0 Å². The van der Waals surface area contributed by atoms with Crippen LogP contribution >= 0.6 is 11.8 Å². The maximum absolute atomic E-state index is 11.7. The number of nitrogens with two attached hydrogens (primary N) is 1. The van der Waals surface area contributed by atoms with E-state index >= 15 is 0 Å². The van der Waals surface area contributed by atoms with Gasteiger partial charge in [0.25, 0.3) is 0 Å². The molecule has 96 valence electrons. The maximum atomic E-state index is 11.7. The second kappa shape index (κ2) is 7.17. The largest absolute Gasteiger partial charge is 0.353 e. The van der Waals surface area contributed by atoms with Gasteiger partial charge in [-0.05, 0) is 18.1 Å². The molecule has 4 heteroatoms. The molecule has 0 aromatic rings. The molecule has 0 rings (SSSR count). The van der Waals surface area contributed by atoms with Crippen molar-refractivity contribution in [1.82, 2.24) is 5.32 Å². The Balaban J connectivity index is 4.07. The van der Waals surface area contributed by atoms with E-state index in [0.717, 1.165) is 12.2 Å². The number of amides is 1. The monoisotopic (exact) mass is 246 g/mol. The number of hydrogen-bond donors (Lipinski definition) is 2. The summed E-state index contributed by atoms with van der Waals surface area (Å²) in [6, 6.07) is 0.189. The van der Waals surface area contributed by atoms with E-state index in [-0.39, 0.29) is 23.4 Å². The Morgan fingerprint density at radius 3 is 2.38 bits per heavy atom. The number of carbonyl (C=O) groups is 1. The number of carbonyl (C=O) groups excluding carboxylic acids is 1. The highest BCUT2D eigenvalue weighted by Crippen LogP contribution is 2.19. The van der Waals surface area contributed by atoms with E-state index in [4.69, 9.17) is 5.73 Å². The minimum Gasteiger partial charge on any atom is -0.353 e. The standard InChI is InChI=1S/C12H26N2OS/c1-6-9(8-16-5)14-11(15)7-10(13)12(2,3)4/h9-10H,6-8,13H2,1-5H3,(H,14,15). The van der Waals surface area contributed by atoms with Gasteiger partial charge < -0.3 is 11.1 Å². The van der Waals surface area contributed by atoms with Gasteiger partial charge in [-0.3, -0.25) is 4.79 Å². The zero-order valence-corrected chi connectivity index (χ0v) is 12.0. The van der Waals surface area contributed by atoms with Crippen LogP contribution < -0.4 is 11.1 Å². The second-order valence-corrected chi connectivity index (χ2v) is 6.22. The quantitative estimate of drug-likeness (QED) is 0.754. The summed E-state index contributed by atoms with van der Waals surface area (Å²) < 4.78 is 0. The van der Waals surface area contributed by atoms with E-state index in [1.165, 1.54) is 0 Å². The van der Waals surface area contributed by atoms with Crippen molar-refractivity contribution in [2.75, 3.05) is 12.0 Å². The lowest BCUT2D eigenvalue weighted by atomic mass is 9.85. The normalized spacial score (nSPS) is 15.6. The van der Waals surface area contributed by atoms with Crippen molar-refractivity contribution in [2.24, 2.45) is 11.1 Å². The van der Waals surface area contributed by atoms with Gasteiger partial charge >= 0.3 is 0 Å². The predicted octanol–water partition coefficient (Wildman–Crippen LogP) is 2.01. The summed E-state index contributed by atoms with van der Waals surface area (Å²) >= 11 is 1.75. The third kappa shape index (κ3) is 6.38. The zero-order chi connectivity index (χ0) is 12.8. The molecule has 0 bridgehead atoms. The van der Waals surface area contributed by atoms with Crippen molar-refractivity contribution in [2.45, 2.75) is 52.6 Å². The van der Waals surface area contributed by atoms with Crippen LogP contribution in [0.3, 0.4) is 0 Å². The van der Waals surface area contributed by atoms with Crippen molar-refractivity contribution >= 4 is 17.7 Å². The predicted molar refractivity (Wildman–Crippen MR) is 72.7 cm³/mol. The molecule has 2 unspecified atom stereocenters. The van der Waals surface area contributed by atoms with Crippen LogP contribution in [-0.2, 0) is 4.79 Å². The molecule has 0 aliphatic heterocycles. The minimum atomic E-state index is -0.0840. The van der Waals surface area contributed by atoms with Gasteiger partial charge in [0.05, 0.1) is 0 Å². The molecule has 0 aromatic carbocycles. The molecular weight excluding hydrogens is 220 g/mol. The molecule has 3 N–H and O–H groups in total. The SMILES string of the molecule is CCC(CSC)NC(=O)CC(N)C(C)(C)C. The van der Waals surface area contributed by atoms with Gasteiger partial charge in [0.15, 0.2) is 0 Å². The lowest BCUT2D eigenvalue weighted by Gasteiger charge is -2.27. The summed E-state index contributed by atoms with van der Waals surface area (Å²) in [5.74, 6) is 1.04. The first-order chi connectivity index (χ1) is 7.31. The first kappa shape index (κ1) is 15.8. The van der Waals surface area contributed by atoms with Crippen LogP contribution in [0.5, 0.6) is 0 Å². The summed E-state index contributed by atoms with van der Waals surface area (Å²) in [5, 5.41) is 3.03. The van der Waals surface area contributed by atoms with Gasteiger partial charge in [-0.25, -0.2) is 0 Å². The van der Waals surface area contributed by atoms with E-state index in [1.807, 2.05) is 0 Å². The van der Waals surface area contributed by atoms with Gasteiger partial charge in [-0.15, -0.1) is 0 Å². The Labute approximate surface area is 104 Å². The molecule has 0 fully saturated rings. The molecule has 0 aliphatic rings. The van der Waals surface area contributed by atoms with E-state index < -0.39 is 0 Å². The molecule has 0 heterocycles. The first-order valence-corrected chi connectivity index (χ1v) is 7.24. The van der Waals surface area contributed by atoms with Crippen LogP contribution in [0.25, 0.3) is 0 Å². The van der Waals surface area contributed by atoms with Crippen molar-refractivity contribution in [3.05, 3.63) is 0 Å². The minimum absolute atomic E-state index is 0.0153. The average molecular weight is 246 g/mol. The first-order valence-electron chi connectivity index (χ1n) is 5.85. The van der Waals surface area contributed by atoms with Crippen LogP contribution in [0, 0.1) is 5.41 Å². The zero-order valence-electron chi connectivity index (χ0n) is 11.2. The third-order valence-electron chi connectivity index (χ3n) is 2.74. The Bertz CT molecular complexity index is 214. The van der Waals surface area contributed by atoms with E-state index in [1.54, 1.807) is 11.8 Å². The lowest BCUT2D eigenvalue weighted by Crippen LogP contribution is -2.43. The fourth-order valence-corrected chi connectivity index (χ4v) is 1.98. The third-order valence-corrected chi connectivity index (χ3v) is 3.48. The molecule has 0 spiro atoms. The van der Waals surface area contributed by atoms with Crippen LogP contribution in [0.1, 0.15) is 40.5 Å². The van der Waals surface area contributed by atoms with E-state index in [0.29, 0.717) is 6.42 Å². The fraction of sp³-hybridized carbons (Fsp3) is 0.917. The smallest absolute Gasteiger partial charge is 0.221 e. The molecule has 0 aliphatic carbocycles. The Morgan fingerprint density at radius 1 is 1.44 bits per heavy atom. The highest BCUT2D eigenvalue weighted by atomic mass is 32.2. The molecule has 0 radical (unpaired) electrons. The van der Waals surface area contributed by atoms with Crippen LogP contribution in [0.4, 0.5) is 0 Å². The molecule has 2 atom stereocenters. The molecule has 0 saturated carbocycles. The van der Waals surface area contributed by atoms with E-state index in [9.17, 15) is 4.79 Å². The van der Waals surface area contributed by atoms with Crippen molar-refractivity contribution < 1.29 is 4.79 Å². The Kier molecular flexibility index (Phi) is 7.07. The molecule has 0 aromatic heterocycles. The topological polar surface area (TPSA) is 55.1 Å². The van der Waals surface area contributed by atoms with Gasteiger partial charge in [0.2, 0.25) is 5.91 Å². The van der Waals surface area contributed by atoms with Crippen molar-refractivity contribution in [1.29, 1.82) is 0 Å². The number of rotatable bonds is 6. The molecule has 3 nitrogen and oxygen atoms in total. The van der Waals surface area contributed by atoms with E-state index in [2.05, 4.69) is 39.3 Å². The molecule has 1 amide bonds. The summed E-state index contributed by atoms with van der Waals surface area (Å²) in [4.78, 5) is 11.7. The lowest BCUT2D eigenvalue weighted by molar-refractivity contribution is -0.122. The van der Waals surface area contributed by atoms with Crippen LogP contribution in [0.2, 0.25) is 0 Å². The summed E-state index contributed by atoms with van der Waals surface area (Å²) in [6.45, 7) is 8.27. The summed E-state index contributed by atoms with van der Waals surface area (Å²) in [7, 11) is 0. The van der Waals surface area contributed by atoms with Gasteiger partial charge in [-0.1, -0.05) is 27.7 Å². The van der Waals surface area contributed by atoms with Gasteiger partial charge in [-0.2, -0.15) is 11.8 Å². The van der Waals surface area contributed by atoms with Crippen molar-refractivity contribution in [3.63, 3.8) is 0 Å². The maximum Gasteiger partial charge on any atom is 0.221 e. The molecule has 0 saturated heterocycles. The van der Waals surface area contributed by atoms with Gasteiger partial charge in [0.1, 0.15) is 0 Å². The average Bonchev–Trinajstić information content (AvgIpc) is 2.15.